The van der Waals surface area contributed by atoms with Crippen molar-refractivity contribution in [1.29, 1.82) is 0 Å². The lowest BCUT2D eigenvalue weighted by Gasteiger charge is -2.08. The van der Waals surface area contributed by atoms with Gasteiger partial charge in [-0.25, -0.2) is 0 Å². The van der Waals surface area contributed by atoms with E-state index in [2.05, 4.69) is 4.99 Å². The molecule has 0 atom stereocenters. The van der Waals surface area contributed by atoms with Crippen molar-refractivity contribution in [1.82, 2.24) is 0 Å². The van der Waals surface area contributed by atoms with E-state index in [-0.39, 0.29) is 5.69 Å². The molecule has 0 amide bonds. The molecule has 0 aliphatic carbocycles. The third-order valence-corrected chi connectivity index (χ3v) is 3.18. The second kappa shape index (κ2) is 6.91. The molecule has 6 nitrogen and oxygen atoms in total. The zero-order chi connectivity index (χ0) is 16.1. The van der Waals surface area contributed by atoms with Crippen molar-refractivity contribution >= 4 is 29.2 Å². The van der Waals surface area contributed by atoms with Crippen LogP contribution in [-0.4, -0.2) is 25.4 Å². The fourth-order valence-electron chi connectivity index (χ4n) is 1.81. The first-order valence-electron chi connectivity index (χ1n) is 6.25. The lowest BCUT2D eigenvalue weighted by Crippen LogP contribution is -1.90. The summed E-state index contributed by atoms with van der Waals surface area (Å²) in [5, 5.41) is 11.2. The number of methoxy groups -OCH3 is 2. The largest absolute Gasteiger partial charge is 0.495 e. The monoisotopic (exact) mass is 320 g/mol. The van der Waals surface area contributed by atoms with Crippen LogP contribution in [0.5, 0.6) is 11.5 Å². The maximum Gasteiger partial charge on any atom is 0.270 e. The predicted molar refractivity (Wildman–Crippen MR) is 84.9 cm³/mol. The van der Waals surface area contributed by atoms with Gasteiger partial charge in [0.1, 0.15) is 17.2 Å². The molecule has 0 radical (unpaired) electrons. The zero-order valence-electron chi connectivity index (χ0n) is 11.9. The summed E-state index contributed by atoms with van der Waals surface area (Å²) in [5.41, 5.74) is 1.12. The normalized spacial score (nSPS) is 10.7. The highest BCUT2D eigenvalue weighted by molar-refractivity contribution is 6.32. The highest BCUT2D eigenvalue weighted by Crippen LogP contribution is 2.37. The van der Waals surface area contributed by atoms with Crippen LogP contribution in [0.4, 0.5) is 11.4 Å². The third-order valence-electron chi connectivity index (χ3n) is 2.89. The lowest BCUT2D eigenvalue weighted by molar-refractivity contribution is -0.384. The molecule has 0 aliphatic rings. The van der Waals surface area contributed by atoms with Gasteiger partial charge in [0.15, 0.2) is 0 Å². The van der Waals surface area contributed by atoms with Gasteiger partial charge in [0, 0.05) is 30.5 Å². The van der Waals surface area contributed by atoms with Gasteiger partial charge in [0.05, 0.1) is 24.2 Å². The number of aliphatic imine (C=N–C) groups is 1. The van der Waals surface area contributed by atoms with Crippen LogP contribution in [0.25, 0.3) is 0 Å². The molecule has 0 unspecified atom stereocenters. The van der Waals surface area contributed by atoms with E-state index in [4.69, 9.17) is 21.1 Å². The summed E-state index contributed by atoms with van der Waals surface area (Å²) >= 11 is 6.02. The van der Waals surface area contributed by atoms with Crippen LogP contribution in [0, 0.1) is 10.1 Å². The number of benzene rings is 2. The second-order valence-corrected chi connectivity index (χ2v) is 4.68. The van der Waals surface area contributed by atoms with Gasteiger partial charge in [-0.15, -0.1) is 0 Å². The van der Waals surface area contributed by atoms with E-state index in [0.717, 1.165) is 0 Å². The number of nitrogens with zero attached hydrogens (tertiary/aromatic N) is 2. The quantitative estimate of drug-likeness (QED) is 0.474. The Hall–Kier alpha value is -2.60. The van der Waals surface area contributed by atoms with Crippen molar-refractivity contribution in [3.8, 4) is 11.5 Å². The number of hydrogen-bond donors (Lipinski definition) is 0. The van der Waals surface area contributed by atoms with Crippen LogP contribution < -0.4 is 9.47 Å². The molecule has 0 aliphatic heterocycles. The third kappa shape index (κ3) is 3.53. The van der Waals surface area contributed by atoms with Crippen molar-refractivity contribution in [2.24, 2.45) is 4.99 Å². The molecule has 0 saturated heterocycles. The molecule has 0 heterocycles. The summed E-state index contributed by atoms with van der Waals surface area (Å²) in [6.07, 6.45) is 1.51. The highest BCUT2D eigenvalue weighted by Gasteiger charge is 2.09. The Kier molecular flexibility index (Phi) is 4.95. The summed E-state index contributed by atoms with van der Waals surface area (Å²) in [6, 6.07) is 9.40. The number of halogens is 1. The summed E-state index contributed by atoms with van der Waals surface area (Å²) < 4.78 is 10.4. The average molecular weight is 321 g/mol. The second-order valence-electron chi connectivity index (χ2n) is 4.27. The molecule has 2 aromatic rings. The van der Waals surface area contributed by atoms with Crippen molar-refractivity contribution < 1.29 is 14.4 Å². The van der Waals surface area contributed by atoms with Crippen molar-refractivity contribution in [2.45, 2.75) is 0 Å². The van der Waals surface area contributed by atoms with Gasteiger partial charge in [0.25, 0.3) is 5.69 Å². The first-order valence-corrected chi connectivity index (χ1v) is 6.63. The van der Waals surface area contributed by atoms with E-state index in [0.29, 0.717) is 27.8 Å². The predicted octanol–water partition coefficient (Wildman–Crippen LogP) is 4.02. The van der Waals surface area contributed by atoms with Gasteiger partial charge < -0.3 is 9.47 Å². The number of nitro benzene ring substituents is 1. The molecule has 0 N–H and O–H groups in total. The van der Waals surface area contributed by atoms with Gasteiger partial charge in [-0.1, -0.05) is 23.7 Å². The molecular formula is C15H13ClN2O4. The smallest absolute Gasteiger partial charge is 0.270 e. The van der Waals surface area contributed by atoms with Crippen LogP contribution >= 0.6 is 11.6 Å². The standard InChI is InChI=1S/C15H13ClN2O4/c1-21-14-8-13(15(22-2)7-12(14)16)17-9-10-4-3-5-11(6-10)18(19)20/h3-9H,1-2H3. The van der Waals surface area contributed by atoms with Gasteiger partial charge in [-0.05, 0) is 5.56 Å². The van der Waals surface area contributed by atoms with Crippen LogP contribution in [0.3, 0.4) is 0 Å². The van der Waals surface area contributed by atoms with Crippen molar-refractivity contribution in [3.05, 3.63) is 57.1 Å². The maximum absolute atomic E-state index is 10.8. The Labute approximate surface area is 132 Å². The molecule has 0 saturated carbocycles. The first-order chi connectivity index (χ1) is 10.5. The van der Waals surface area contributed by atoms with Crippen LogP contribution in [0.1, 0.15) is 5.56 Å². The van der Waals surface area contributed by atoms with Gasteiger partial charge in [0.2, 0.25) is 0 Å². The van der Waals surface area contributed by atoms with Crippen molar-refractivity contribution in [2.75, 3.05) is 14.2 Å². The van der Waals surface area contributed by atoms with Crippen LogP contribution in [0.15, 0.2) is 41.4 Å². The molecule has 22 heavy (non-hydrogen) atoms. The Balaban J connectivity index is 2.37. The molecular weight excluding hydrogens is 308 g/mol. The molecule has 114 valence electrons. The van der Waals surface area contributed by atoms with Crippen molar-refractivity contribution in [3.63, 3.8) is 0 Å². The summed E-state index contributed by atoms with van der Waals surface area (Å²) in [5.74, 6) is 0.945. The fraction of sp³-hybridized carbons (Fsp3) is 0.133. The van der Waals surface area contributed by atoms with E-state index in [1.165, 1.54) is 32.6 Å². The molecule has 0 fully saturated rings. The SMILES string of the molecule is COc1cc(N=Cc2cccc([N+](=O)[O-])c2)c(OC)cc1Cl. The molecule has 0 spiro atoms. The maximum atomic E-state index is 10.8. The Bertz CT molecular complexity index is 731. The van der Waals surface area contributed by atoms with Gasteiger partial charge in [-0.2, -0.15) is 0 Å². The average Bonchev–Trinajstić information content (AvgIpc) is 2.53. The Morgan fingerprint density at radius 3 is 2.55 bits per heavy atom. The fourth-order valence-corrected chi connectivity index (χ4v) is 2.04. The van der Waals surface area contributed by atoms with Crippen LogP contribution in [-0.2, 0) is 0 Å². The number of non-ortho nitro benzene ring substituents is 1. The number of rotatable bonds is 5. The number of nitro groups is 1. The molecule has 0 aromatic heterocycles. The zero-order valence-corrected chi connectivity index (χ0v) is 12.7. The number of ether oxygens (including phenoxy) is 2. The molecule has 0 bridgehead atoms. The van der Waals surface area contributed by atoms with E-state index in [1.54, 1.807) is 24.3 Å². The molecule has 7 heteroatoms. The minimum Gasteiger partial charge on any atom is -0.495 e. The highest BCUT2D eigenvalue weighted by atomic mass is 35.5. The van der Waals surface area contributed by atoms with E-state index in [1.807, 2.05) is 0 Å². The Morgan fingerprint density at radius 1 is 1.18 bits per heavy atom. The summed E-state index contributed by atoms with van der Waals surface area (Å²) in [7, 11) is 3.01. The van der Waals surface area contributed by atoms with E-state index >= 15 is 0 Å². The lowest BCUT2D eigenvalue weighted by atomic mass is 10.2. The summed E-state index contributed by atoms with van der Waals surface area (Å²) in [6.45, 7) is 0. The topological polar surface area (TPSA) is 74.0 Å². The molecule has 2 aromatic carbocycles. The van der Waals surface area contributed by atoms with E-state index < -0.39 is 4.92 Å². The minimum atomic E-state index is -0.455. The van der Waals surface area contributed by atoms with E-state index in [9.17, 15) is 10.1 Å². The Morgan fingerprint density at radius 2 is 1.91 bits per heavy atom. The van der Waals surface area contributed by atoms with Gasteiger partial charge >= 0.3 is 0 Å². The first kappa shape index (κ1) is 15.8. The minimum absolute atomic E-state index is 0.00426. The number of hydrogen-bond acceptors (Lipinski definition) is 5. The summed E-state index contributed by atoms with van der Waals surface area (Å²) in [4.78, 5) is 14.6. The molecule has 2 rings (SSSR count). The van der Waals surface area contributed by atoms with Gasteiger partial charge in [-0.3, -0.25) is 15.1 Å². The van der Waals surface area contributed by atoms with Crippen LogP contribution in [0.2, 0.25) is 5.02 Å².